The summed E-state index contributed by atoms with van der Waals surface area (Å²) < 4.78 is 36.1. The van der Waals surface area contributed by atoms with Crippen molar-refractivity contribution in [3.8, 4) is 5.75 Å². The Balaban J connectivity index is 1.61. The van der Waals surface area contributed by atoms with Crippen LogP contribution in [0.4, 0.5) is 20.6 Å². The van der Waals surface area contributed by atoms with Crippen LogP contribution in [0.5, 0.6) is 5.75 Å². The van der Waals surface area contributed by atoms with Gasteiger partial charge >= 0.3 is 6.09 Å². The largest absolute Gasteiger partial charge is 0.467 e. The van der Waals surface area contributed by atoms with Crippen LogP contribution in [-0.2, 0) is 14.2 Å². The number of methoxy groups -OCH3 is 1. The predicted octanol–water partition coefficient (Wildman–Crippen LogP) is 4.83. The minimum atomic E-state index is -0.593. The van der Waals surface area contributed by atoms with E-state index in [1.807, 2.05) is 4.90 Å². The van der Waals surface area contributed by atoms with Gasteiger partial charge in [0.25, 0.3) is 5.91 Å². The van der Waals surface area contributed by atoms with E-state index >= 15 is 4.39 Å². The highest BCUT2D eigenvalue weighted by molar-refractivity contribution is 6.31. The highest BCUT2D eigenvalue weighted by Gasteiger charge is 2.28. The molecule has 1 aliphatic rings. The third-order valence-electron chi connectivity index (χ3n) is 5.37. The van der Waals surface area contributed by atoms with Crippen molar-refractivity contribution < 1.29 is 32.9 Å². The van der Waals surface area contributed by atoms with Crippen molar-refractivity contribution in [1.29, 1.82) is 0 Å². The minimum Gasteiger partial charge on any atom is -0.467 e. The second kappa shape index (κ2) is 12.9. The number of benzene rings is 2. The van der Waals surface area contributed by atoms with Gasteiger partial charge in [-0.15, -0.1) is 0 Å². The second-order valence-electron chi connectivity index (χ2n) is 9.50. The number of carbonyl (C=O) groups is 2. The average Bonchev–Trinajstić information content (AvgIpc) is 3.26. The molecule has 1 saturated heterocycles. The van der Waals surface area contributed by atoms with Gasteiger partial charge in [-0.2, -0.15) is 0 Å². The number of nitrogens with zero attached hydrogens (tertiary/aromatic N) is 1. The Kier molecular flexibility index (Phi) is 9.96. The van der Waals surface area contributed by atoms with E-state index in [9.17, 15) is 9.59 Å². The van der Waals surface area contributed by atoms with Crippen molar-refractivity contribution in [3.05, 3.63) is 52.8 Å². The molecule has 3 rings (SSSR count). The molecule has 11 heteroatoms. The van der Waals surface area contributed by atoms with Gasteiger partial charge in [-0.25, -0.2) is 9.18 Å². The first-order chi connectivity index (χ1) is 17.6. The molecular weight excluding hydrogens is 505 g/mol. The van der Waals surface area contributed by atoms with Gasteiger partial charge in [-0.1, -0.05) is 11.6 Å². The maximum atomic E-state index is 15.0. The van der Waals surface area contributed by atoms with Gasteiger partial charge in [0, 0.05) is 30.9 Å². The molecule has 0 aliphatic carbocycles. The fraction of sp³-hybridized carbons (Fsp3) is 0.462. The van der Waals surface area contributed by atoms with Crippen LogP contribution in [-0.4, -0.2) is 63.8 Å². The molecule has 0 saturated carbocycles. The lowest BCUT2D eigenvalue weighted by molar-refractivity contribution is -0.00872. The minimum absolute atomic E-state index is 0.0752. The van der Waals surface area contributed by atoms with Gasteiger partial charge in [0.1, 0.15) is 17.2 Å². The molecule has 1 heterocycles. The lowest BCUT2D eigenvalue weighted by Crippen LogP contribution is -2.40. The van der Waals surface area contributed by atoms with Crippen LogP contribution < -0.4 is 20.3 Å². The summed E-state index contributed by atoms with van der Waals surface area (Å²) in [6.45, 7) is 7.07. The first kappa shape index (κ1) is 28.5. The van der Waals surface area contributed by atoms with E-state index < -0.39 is 23.4 Å². The van der Waals surface area contributed by atoms with E-state index in [-0.39, 0.29) is 29.8 Å². The Bertz CT molecular complexity index is 1090. The topological polar surface area (TPSA) is 98.4 Å². The summed E-state index contributed by atoms with van der Waals surface area (Å²) in [4.78, 5) is 26.8. The summed E-state index contributed by atoms with van der Waals surface area (Å²) in [7, 11) is 1.56. The van der Waals surface area contributed by atoms with Crippen molar-refractivity contribution in [2.45, 2.75) is 38.8 Å². The maximum absolute atomic E-state index is 15.0. The molecule has 0 spiro atoms. The maximum Gasteiger partial charge on any atom is 0.407 e. The normalized spacial score (nSPS) is 15.4. The summed E-state index contributed by atoms with van der Waals surface area (Å²) in [5.74, 6) is -0.730. The Hall–Kier alpha value is -3.08. The highest BCUT2D eigenvalue weighted by atomic mass is 35.5. The number of nitrogens with one attached hydrogen (secondary N) is 2. The number of hydrogen-bond acceptors (Lipinski definition) is 7. The SMILES string of the molecule is COCCOCOc1ccc(Cl)cc1C(=O)Nc1ccc(N2CCC(NC(=O)OC(C)(C)C)C2)c(F)c1. The molecule has 2 amide bonds. The molecule has 1 fully saturated rings. The van der Waals surface area contributed by atoms with E-state index in [4.69, 9.17) is 30.5 Å². The Labute approximate surface area is 221 Å². The summed E-state index contributed by atoms with van der Waals surface area (Å²) >= 11 is 6.08. The van der Waals surface area contributed by atoms with Gasteiger partial charge < -0.3 is 34.5 Å². The Morgan fingerprint density at radius 1 is 1.16 bits per heavy atom. The van der Waals surface area contributed by atoms with Crippen molar-refractivity contribution in [3.63, 3.8) is 0 Å². The molecule has 2 aromatic carbocycles. The zero-order chi connectivity index (χ0) is 27.0. The predicted molar refractivity (Wildman–Crippen MR) is 139 cm³/mol. The second-order valence-corrected chi connectivity index (χ2v) is 9.94. The fourth-order valence-electron chi connectivity index (χ4n) is 3.72. The molecule has 0 bridgehead atoms. The van der Waals surface area contributed by atoms with E-state index in [0.717, 1.165) is 0 Å². The van der Waals surface area contributed by atoms with E-state index in [1.54, 1.807) is 52.1 Å². The Morgan fingerprint density at radius 2 is 1.95 bits per heavy atom. The quantitative estimate of drug-likeness (QED) is 0.331. The molecule has 37 heavy (non-hydrogen) atoms. The van der Waals surface area contributed by atoms with Gasteiger partial charge in [0.15, 0.2) is 6.79 Å². The van der Waals surface area contributed by atoms with Gasteiger partial charge in [0.05, 0.1) is 30.5 Å². The van der Waals surface area contributed by atoms with E-state index in [0.29, 0.717) is 43.4 Å². The summed E-state index contributed by atoms with van der Waals surface area (Å²) in [5, 5.41) is 5.86. The molecule has 2 N–H and O–H groups in total. The zero-order valence-electron chi connectivity index (χ0n) is 21.4. The van der Waals surface area contributed by atoms with E-state index in [1.165, 1.54) is 12.1 Å². The van der Waals surface area contributed by atoms with Crippen molar-refractivity contribution >= 4 is 35.0 Å². The summed E-state index contributed by atoms with van der Waals surface area (Å²) in [5.41, 5.74) is 0.246. The number of halogens is 2. The number of amides is 2. The zero-order valence-corrected chi connectivity index (χ0v) is 22.2. The number of ether oxygens (including phenoxy) is 4. The standard InChI is InChI=1S/C26H33ClFN3O6/c1-26(2,3)37-25(33)30-19-9-10-31(15-19)22-7-6-18(14-21(22)28)29-24(32)20-13-17(27)5-8-23(20)36-16-35-12-11-34-4/h5-8,13-14,19H,9-12,15-16H2,1-4H3,(H,29,32)(H,30,33). The van der Waals surface area contributed by atoms with Gasteiger partial charge in [-0.3, -0.25) is 4.79 Å². The van der Waals surface area contributed by atoms with Crippen LogP contribution in [0.2, 0.25) is 5.02 Å². The number of rotatable bonds is 10. The van der Waals surface area contributed by atoms with Crippen molar-refractivity contribution in [2.75, 3.05) is 50.4 Å². The molecule has 2 aromatic rings. The first-order valence-corrected chi connectivity index (χ1v) is 12.3. The van der Waals surface area contributed by atoms with E-state index in [2.05, 4.69) is 10.6 Å². The lowest BCUT2D eigenvalue weighted by Gasteiger charge is -2.23. The molecule has 0 aromatic heterocycles. The summed E-state index contributed by atoms with van der Waals surface area (Å²) in [6.07, 6.45) is 0.160. The van der Waals surface area contributed by atoms with Crippen LogP contribution >= 0.6 is 11.6 Å². The van der Waals surface area contributed by atoms with Crippen LogP contribution in [0.25, 0.3) is 0 Å². The molecular formula is C26H33ClFN3O6. The molecule has 0 radical (unpaired) electrons. The highest BCUT2D eigenvalue weighted by Crippen LogP contribution is 2.28. The molecule has 1 aliphatic heterocycles. The Morgan fingerprint density at radius 3 is 2.65 bits per heavy atom. The van der Waals surface area contributed by atoms with Crippen LogP contribution in [0.1, 0.15) is 37.6 Å². The van der Waals surface area contributed by atoms with Crippen LogP contribution in [0.3, 0.4) is 0 Å². The smallest absolute Gasteiger partial charge is 0.407 e. The third-order valence-corrected chi connectivity index (χ3v) is 5.61. The molecule has 9 nitrogen and oxygen atoms in total. The average molecular weight is 538 g/mol. The third kappa shape index (κ3) is 8.77. The monoisotopic (exact) mass is 537 g/mol. The fourth-order valence-corrected chi connectivity index (χ4v) is 3.89. The van der Waals surface area contributed by atoms with Gasteiger partial charge in [0.2, 0.25) is 0 Å². The molecule has 1 atom stereocenters. The summed E-state index contributed by atoms with van der Waals surface area (Å²) in [6, 6.07) is 8.93. The lowest BCUT2D eigenvalue weighted by atomic mass is 10.1. The molecule has 1 unspecified atom stereocenters. The molecule has 202 valence electrons. The number of alkyl carbamates (subject to hydrolysis) is 1. The van der Waals surface area contributed by atoms with Crippen LogP contribution in [0.15, 0.2) is 36.4 Å². The first-order valence-electron chi connectivity index (χ1n) is 11.9. The van der Waals surface area contributed by atoms with Crippen molar-refractivity contribution in [2.24, 2.45) is 0 Å². The number of hydrogen-bond donors (Lipinski definition) is 2. The van der Waals surface area contributed by atoms with Crippen LogP contribution in [0, 0.1) is 5.82 Å². The van der Waals surface area contributed by atoms with Crippen molar-refractivity contribution in [1.82, 2.24) is 5.32 Å². The van der Waals surface area contributed by atoms with Gasteiger partial charge in [-0.05, 0) is 63.6 Å². The number of carbonyl (C=O) groups excluding carboxylic acids is 2. The number of anilines is 2.